The third-order valence-corrected chi connectivity index (χ3v) is 8.18. The van der Waals surface area contributed by atoms with Gasteiger partial charge in [0.25, 0.3) is 0 Å². The monoisotopic (exact) mass is 599 g/mol. The molecule has 1 atom stereocenters. The number of hydrogen-bond acceptors (Lipinski definition) is 7. The lowest BCUT2D eigenvalue weighted by atomic mass is 10.1. The minimum Gasteiger partial charge on any atom is -0.493 e. The SMILES string of the molecule is COc1cc2c(CN3CCCC(O)C3)nn(CCN3CCN(c4cccc(Cl)c4C)CC3)c2cc1OC.Cl.Cl. The van der Waals surface area contributed by atoms with E-state index in [9.17, 15) is 5.11 Å². The fourth-order valence-corrected chi connectivity index (χ4v) is 5.80. The molecular formula is C28H40Cl3N5O3. The van der Waals surface area contributed by atoms with E-state index in [0.29, 0.717) is 24.6 Å². The van der Waals surface area contributed by atoms with Crippen molar-refractivity contribution in [3.05, 3.63) is 46.6 Å². The maximum Gasteiger partial charge on any atom is 0.162 e. The maximum atomic E-state index is 10.2. The number of methoxy groups -OCH3 is 2. The lowest BCUT2D eigenvalue weighted by molar-refractivity contribution is 0.0663. The second-order valence-corrected chi connectivity index (χ2v) is 10.5. The van der Waals surface area contributed by atoms with Crippen LogP contribution in [-0.2, 0) is 13.1 Å². The number of aromatic nitrogens is 2. The highest BCUT2D eigenvalue weighted by Gasteiger charge is 2.23. The molecule has 0 amide bonds. The van der Waals surface area contributed by atoms with Crippen molar-refractivity contribution in [2.45, 2.75) is 39.0 Å². The first-order valence-corrected chi connectivity index (χ1v) is 13.6. The van der Waals surface area contributed by atoms with Gasteiger partial charge in [0.15, 0.2) is 11.5 Å². The standard InChI is InChI=1S/C28H38ClN5O3.2ClH/c1-20-23(29)7-4-8-25(20)33-13-10-31(11-14-33)12-15-34-26-17-28(37-3)27(36-2)16-22(26)24(30-34)19-32-9-5-6-21(35)18-32;;/h4,7-8,16-17,21,35H,5-6,9-15,18-19H2,1-3H3;2*1H. The van der Waals surface area contributed by atoms with E-state index in [2.05, 4.69) is 32.4 Å². The predicted molar refractivity (Wildman–Crippen MR) is 163 cm³/mol. The first kappa shape index (κ1) is 31.6. The van der Waals surface area contributed by atoms with E-state index in [0.717, 1.165) is 85.8 Å². The molecule has 216 valence electrons. The average Bonchev–Trinajstić information content (AvgIpc) is 3.24. The van der Waals surface area contributed by atoms with Gasteiger partial charge in [-0.25, -0.2) is 0 Å². The van der Waals surface area contributed by atoms with Crippen LogP contribution in [0.1, 0.15) is 24.1 Å². The summed E-state index contributed by atoms with van der Waals surface area (Å²) in [5.74, 6) is 1.42. The lowest BCUT2D eigenvalue weighted by Crippen LogP contribution is -2.47. The van der Waals surface area contributed by atoms with Gasteiger partial charge in [0.05, 0.1) is 38.1 Å². The zero-order valence-corrected chi connectivity index (χ0v) is 25.3. The summed E-state index contributed by atoms with van der Waals surface area (Å²) >= 11 is 6.36. The molecule has 2 aromatic carbocycles. The van der Waals surface area contributed by atoms with Crippen LogP contribution in [-0.4, -0.2) is 90.8 Å². The van der Waals surface area contributed by atoms with Gasteiger partial charge in [-0.05, 0) is 50.1 Å². The second-order valence-electron chi connectivity index (χ2n) is 10.1. The minimum absolute atomic E-state index is 0. The number of likely N-dealkylation sites (tertiary alicyclic amines) is 1. The molecule has 1 aromatic heterocycles. The fourth-order valence-electron chi connectivity index (χ4n) is 5.63. The molecule has 0 radical (unpaired) electrons. The van der Waals surface area contributed by atoms with Crippen LogP contribution in [0, 0.1) is 6.92 Å². The fraction of sp³-hybridized carbons (Fsp3) is 0.536. The van der Waals surface area contributed by atoms with Crippen molar-refractivity contribution < 1.29 is 14.6 Å². The van der Waals surface area contributed by atoms with E-state index in [4.69, 9.17) is 26.2 Å². The number of piperazine rings is 1. The normalized spacial score (nSPS) is 18.5. The van der Waals surface area contributed by atoms with Crippen LogP contribution in [0.5, 0.6) is 11.5 Å². The van der Waals surface area contributed by atoms with Crippen molar-refractivity contribution >= 4 is 53.0 Å². The molecule has 1 unspecified atom stereocenters. The van der Waals surface area contributed by atoms with Crippen LogP contribution < -0.4 is 14.4 Å². The van der Waals surface area contributed by atoms with Gasteiger partial charge in [-0.1, -0.05) is 17.7 Å². The Morgan fingerprint density at radius 3 is 2.38 bits per heavy atom. The molecule has 0 bridgehead atoms. The number of anilines is 1. The smallest absolute Gasteiger partial charge is 0.162 e. The maximum absolute atomic E-state index is 10.2. The Morgan fingerprint density at radius 1 is 0.974 bits per heavy atom. The largest absolute Gasteiger partial charge is 0.493 e. The molecule has 2 saturated heterocycles. The Labute approximate surface area is 248 Å². The number of halogens is 3. The molecule has 3 heterocycles. The number of piperidine rings is 1. The summed E-state index contributed by atoms with van der Waals surface area (Å²) in [6, 6.07) is 10.2. The van der Waals surface area contributed by atoms with Crippen LogP contribution >= 0.6 is 36.4 Å². The molecule has 2 fully saturated rings. The molecule has 11 heteroatoms. The first-order valence-electron chi connectivity index (χ1n) is 13.2. The molecule has 8 nitrogen and oxygen atoms in total. The molecule has 1 N–H and O–H groups in total. The topological polar surface area (TPSA) is 66.2 Å². The van der Waals surface area contributed by atoms with Crippen LogP contribution in [0.15, 0.2) is 30.3 Å². The Bertz CT molecular complexity index is 1230. The van der Waals surface area contributed by atoms with E-state index in [1.807, 2.05) is 24.3 Å². The summed E-state index contributed by atoms with van der Waals surface area (Å²) in [5.41, 5.74) is 4.46. The van der Waals surface area contributed by atoms with Crippen LogP contribution in [0.3, 0.4) is 0 Å². The van der Waals surface area contributed by atoms with Crippen molar-refractivity contribution in [2.24, 2.45) is 0 Å². The summed E-state index contributed by atoms with van der Waals surface area (Å²) in [6.07, 6.45) is 1.63. The molecular weight excluding hydrogens is 561 g/mol. The molecule has 0 spiro atoms. The quantitative estimate of drug-likeness (QED) is 0.404. The van der Waals surface area contributed by atoms with Gasteiger partial charge in [0, 0.05) is 68.0 Å². The first-order chi connectivity index (χ1) is 18.0. The van der Waals surface area contributed by atoms with E-state index >= 15 is 0 Å². The van der Waals surface area contributed by atoms with E-state index in [1.165, 1.54) is 5.69 Å². The van der Waals surface area contributed by atoms with Gasteiger partial charge in [0.2, 0.25) is 0 Å². The highest BCUT2D eigenvalue weighted by atomic mass is 35.5. The molecule has 5 rings (SSSR count). The van der Waals surface area contributed by atoms with Crippen molar-refractivity contribution in [2.75, 3.05) is 64.9 Å². The second kappa shape index (κ2) is 14.1. The number of fused-ring (bicyclic) bond motifs is 1. The number of nitrogens with zero attached hydrogens (tertiary/aromatic N) is 5. The highest BCUT2D eigenvalue weighted by molar-refractivity contribution is 6.31. The van der Waals surface area contributed by atoms with Crippen molar-refractivity contribution in [3.63, 3.8) is 0 Å². The molecule has 39 heavy (non-hydrogen) atoms. The molecule has 3 aromatic rings. The number of ether oxygens (including phenoxy) is 2. The minimum atomic E-state index is -0.258. The number of hydrogen-bond donors (Lipinski definition) is 1. The van der Waals surface area contributed by atoms with Crippen LogP contribution in [0.2, 0.25) is 5.02 Å². The summed E-state index contributed by atoms with van der Waals surface area (Å²) in [7, 11) is 3.33. The van der Waals surface area contributed by atoms with E-state index < -0.39 is 0 Å². The van der Waals surface area contributed by atoms with Crippen molar-refractivity contribution in [1.29, 1.82) is 0 Å². The van der Waals surface area contributed by atoms with Crippen molar-refractivity contribution in [1.82, 2.24) is 19.6 Å². The average molecular weight is 601 g/mol. The molecule has 0 aliphatic carbocycles. The van der Waals surface area contributed by atoms with Gasteiger partial charge < -0.3 is 19.5 Å². The van der Waals surface area contributed by atoms with Gasteiger partial charge >= 0.3 is 0 Å². The summed E-state index contributed by atoms with van der Waals surface area (Å²) < 4.78 is 13.3. The van der Waals surface area contributed by atoms with Gasteiger partial charge in [0.1, 0.15) is 0 Å². The Morgan fingerprint density at radius 2 is 1.69 bits per heavy atom. The van der Waals surface area contributed by atoms with Crippen LogP contribution in [0.25, 0.3) is 10.9 Å². The third-order valence-electron chi connectivity index (χ3n) is 7.77. The number of rotatable bonds is 8. The Kier molecular flexibility index (Phi) is 11.4. The van der Waals surface area contributed by atoms with Crippen molar-refractivity contribution in [3.8, 4) is 11.5 Å². The number of aliphatic hydroxyl groups is 1. The van der Waals surface area contributed by atoms with Gasteiger partial charge in [-0.3, -0.25) is 14.5 Å². The number of benzene rings is 2. The predicted octanol–water partition coefficient (Wildman–Crippen LogP) is 4.64. The summed E-state index contributed by atoms with van der Waals surface area (Å²) in [6.45, 7) is 10.2. The molecule has 2 aliphatic rings. The molecule has 2 aliphatic heterocycles. The molecule has 0 saturated carbocycles. The summed E-state index contributed by atoms with van der Waals surface area (Å²) in [4.78, 5) is 7.24. The highest BCUT2D eigenvalue weighted by Crippen LogP contribution is 2.34. The third kappa shape index (κ3) is 7.04. The summed E-state index contributed by atoms with van der Waals surface area (Å²) in [5, 5.41) is 17.1. The zero-order valence-electron chi connectivity index (χ0n) is 22.9. The van der Waals surface area contributed by atoms with Gasteiger partial charge in [-0.15, -0.1) is 24.8 Å². The Balaban J connectivity index is 0.00000210. The Hall–Kier alpha value is -1.94. The van der Waals surface area contributed by atoms with E-state index in [-0.39, 0.29) is 30.9 Å². The van der Waals surface area contributed by atoms with Crippen LogP contribution in [0.4, 0.5) is 5.69 Å². The lowest BCUT2D eigenvalue weighted by Gasteiger charge is -2.37. The zero-order chi connectivity index (χ0) is 25.9. The van der Waals surface area contributed by atoms with Gasteiger partial charge in [-0.2, -0.15) is 5.10 Å². The number of aliphatic hydroxyl groups excluding tert-OH is 1. The number of β-amino-alcohol motifs (C(OH)–C–C–N with tert-alkyl or cyclic N) is 1. The van der Waals surface area contributed by atoms with E-state index in [1.54, 1.807) is 14.2 Å².